The summed E-state index contributed by atoms with van der Waals surface area (Å²) < 4.78 is 11.7. The maximum absolute atomic E-state index is 11.2. The van der Waals surface area contributed by atoms with Crippen molar-refractivity contribution in [2.45, 2.75) is 13.0 Å². The number of para-hydroxylation sites is 1. The smallest absolute Gasteiger partial charge is 0.396 e. The summed E-state index contributed by atoms with van der Waals surface area (Å²) >= 11 is 1.08. The van der Waals surface area contributed by atoms with Gasteiger partial charge >= 0.3 is 4.94 Å². The Morgan fingerprint density at radius 1 is 1.25 bits per heavy atom. The number of hydrogen-bond donors (Lipinski definition) is 1. The summed E-state index contributed by atoms with van der Waals surface area (Å²) in [5.74, 6) is 1.33. The van der Waals surface area contributed by atoms with E-state index in [0.717, 1.165) is 21.6 Å². The second kappa shape index (κ2) is 5.11. The summed E-state index contributed by atoms with van der Waals surface area (Å²) in [6.07, 6.45) is 0. The molecule has 0 bridgehead atoms. The van der Waals surface area contributed by atoms with Crippen LogP contribution in [0.5, 0.6) is 11.5 Å². The van der Waals surface area contributed by atoms with E-state index in [2.05, 4.69) is 0 Å². The topological polar surface area (TPSA) is 65.5 Å². The molecule has 4 nitrogen and oxygen atoms in total. The van der Waals surface area contributed by atoms with Gasteiger partial charge in [0.25, 0.3) is 0 Å². The first-order valence-electron chi connectivity index (χ1n) is 6.19. The van der Waals surface area contributed by atoms with Crippen LogP contribution < -0.4 is 15.4 Å². The molecule has 3 aromatic rings. The third-order valence-corrected chi connectivity index (χ3v) is 3.75. The van der Waals surface area contributed by atoms with Gasteiger partial charge in [0, 0.05) is 17.7 Å². The van der Waals surface area contributed by atoms with Crippen molar-refractivity contribution >= 4 is 21.6 Å². The predicted octanol–water partition coefficient (Wildman–Crippen LogP) is 3.67. The van der Waals surface area contributed by atoms with Crippen LogP contribution in [0.15, 0.2) is 51.7 Å². The van der Waals surface area contributed by atoms with Gasteiger partial charge < -0.3 is 14.9 Å². The van der Waals surface area contributed by atoms with E-state index in [1.165, 1.54) is 0 Å². The van der Waals surface area contributed by atoms with Crippen LogP contribution in [0.1, 0.15) is 18.5 Å². The molecular formula is C15H13NO3S. The maximum atomic E-state index is 11.2. The van der Waals surface area contributed by atoms with Crippen LogP contribution in [0.4, 0.5) is 0 Å². The quantitative estimate of drug-likeness (QED) is 0.798. The molecule has 5 heteroatoms. The largest absolute Gasteiger partial charge is 0.457 e. The lowest BCUT2D eigenvalue weighted by Crippen LogP contribution is -2.06. The van der Waals surface area contributed by atoms with Crippen molar-refractivity contribution in [3.63, 3.8) is 0 Å². The lowest BCUT2D eigenvalue weighted by molar-refractivity contribution is 0.471. The number of benzene rings is 2. The van der Waals surface area contributed by atoms with Crippen LogP contribution in [-0.4, -0.2) is 0 Å². The minimum Gasteiger partial charge on any atom is -0.457 e. The van der Waals surface area contributed by atoms with E-state index >= 15 is 0 Å². The van der Waals surface area contributed by atoms with Gasteiger partial charge in [-0.05, 0) is 25.1 Å². The molecular weight excluding hydrogens is 274 g/mol. The molecule has 1 aromatic heterocycles. The molecule has 102 valence electrons. The van der Waals surface area contributed by atoms with Gasteiger partial charge in [-0.2, -0.15) is 0 Å². The summed E-state index contributed by atoms with van der Waals surface area (Å²) in [7, 11) is 0. The highest BCUT2D eigenvalue weighted by Crippen LogP contribution is 2.30. The zero-order valence-corrected chi connectivity index (χ0v) is 11.6. The Balaban J connectivity index is 1.98. The van der Waals surface area contributed by atoms with E-state index in [-0.39, 0.29) is 11.0 Å². The summed E-state index contributed by atoms with van der Waals surface area (Å²) in [6.45, 7) is 1.91. The molecule has 1 heterocycles. The van der Waals surface area contributed by atoms with E-state index in [1.807, 2.05) is 43.3 Å². The van der Waals surface area contributed by atoms with Crippen molar-refractivity contribution in [2.75, 3.05) is 0 Å². The summed E-state index contributed by atoms with van der Waals surface area (Å²) in [5.41, 5.74) is 7.39. The highest BCUT2D eigenvalue weighted by Gasteiger charge is 2.09. The Morgan fingerprint density at radius 3 is 2.85 bits per heavy atom. The molecule has 0 aliphatic carbocycles. The molecule has 0 radical (unpaired) electrons. The summed E-state index contributed by atoms with van der Waals surface area (Å²) in [4.78, 5) is 10.9. The van der Waals surface area contributed by atoms with E-state index in [9.17, 15) is 4.79 Å². The van der Waals surface area contributed by atoms with E-state index in [4.69, 9.17) is 14.9 Å². The number of rotatable bonds is 3. The highest BCUT2D eigenvalue weighted by molar-refractivity contribution is 7.16. The predicted molar refractivity (Wildman–Crippen MR) is 79.5 cm³/mol. The number of nitrogens with two attached hydrogens (primary N) is 1. The van der Waals surface area contributed by atoms with Gasteiger partial charge in [0.1, 0.15) is 11.5 Å². The fourth-order valence-electron chi connectivity index (χ4n) is 1.99. The van der Waals surface area contributed by atoms with Crippen LogP contribution in [-0.2, 0) is 0 Å². The Bertz CT molecular complexity index is 804. The van der Waals surface area contributed by atoms with Gasteiger partial charge in [-0.15, -0.1) is 0 Å². The number of hydrogen-bond acceptors (Lipinski definition) is 5. The molecule has 0 aliphatic heterocycles. The molecule has 0 fully saturated rings. The molecule has 3 rings (SSSR count). The summed E-state index contributed by atoms with van der Waals surface area (Å²) in [5, 5.41) is 0. The van der Waals surface area contributed by atoms with Gasteiger partial charge in [-0.3, -0.25) is 0 Å². The van der Waals surface area contributed by atoms with E-state index in [0.29, 0.717) is 17.1 Å². The molecule has 1 unspecified atom stereocenters. The van der Waals surface area contributed by atoms with E-state index in [1.54, 1.807) is 6.07 Å². The third kappa shape index (κ3) is 2.45. The maximum Gasteiger partial charge on any atom is 0.396 e. The molecule has 1 atom stereocenters. The monoisotopic (exact) mass is 287 g/mol. The number of ether oxygens (including phenoxy) is 1. The first kappa shape index (κ1) is 12.9. The minimum absolute atomic E-state index is 0.117. The van der Waals surface area contributed by atoms with Crippen LogP contribution in [0.25, 0.3) is 10.3 Å². The highest BCUT2D eigenvalue weighted by atomic mass is 32.1. The van der Waals surface area contributed by atoms with Gasteiger partial charge in [0.05, 0.1) is 4.70 Å². The fourth-order valence-corrected chi connectivity index (χ4v) is 2.64. The average Bonchev–Trinajstić information content (AvgIpc) is 2.78. The van der Waals surface area contributed by atoms with Crippen LogP contribution in [0.3, 0.4) is 0 Å². The molecule has 0 saturated carbocycles. The van der Waals surface area contributed by atoms with Crippen molar-refractivity contribution in [1.29, 1.82) is 0 Å². The molecule has 0 amide bonds. The zero-order valence-electron chi connectivity index (χ0n) is 10.8. The molecule has 0 saturated heterocycles. The molecule has 2 aromatic carbocycles. The van der Waals surface area contributed by atoms with Gasteiger partial charge in [0.2, 0.25) is 0 Å². The van der Waals surface area contributed by atoms with Crippen LogP contribution in [0.2, 0.25) is 0 Å². The molecule has 0 spiro atoms. The van der Waals surface area contributed by atoms with Gasteiger partial charge in [0.15, 0.2) is 5.58 Å². The molecule has 2 N–H and O–H groups in total. The van der Waals surface area contributed by atoms with Gasteiger partial charge in [-0.1, -0.05) is 29.5 Å². The third-order valence-electron chi connectivity index (χ3n) is 2.94. The second-order valence-corrected chi connectivity index (χ2v) is 5.47. The van der Waals surface area contributed by atoms with Crippen molar-refractivity contribution < 1.29 is 9.15 Å². The molecule has 20 heavy (non-hydrogen) atoms. The Kier molecular flexibility index (Phi) is 3.30. The standard InChI is InChI=1S/C15H13NO3S/c1-9(16)11-4-2-3-5-12(11)18-10-6-7-14-13(8-10)19-15(17)20-14/h2-9H,16H2,1H3. The first-order valence-corrected chi connectivity index (χ1v) is 7.01. The first-order chi connectivity index (χ1) is 9.63. The Morgan fingerprint density at radius 2 is 2.05 bits per heavy atom. The lowest BCUT2D eigenvalue weighted by atomic mass is 10.1. The molecule has 0 aliphatic rings. The second-order valence-electron chi connectivity index (χ2n) is 4.49. The van der Waals surface area contributed by atoms with E-state index < -0.39 is 0 Å². The van der Waals surface area contributed by atoms with Crippen molar-refractivity contribution in [2.24, 2.45) is 5.73 Å². The SMILES string of the molecule is CC(N)c1ccccc1Oc1ccc2sc(=O)oc2c1. The fraction of sp³-hybridized carbons (Fsp3) is 0.133. The zero-order chi connectivity index (χ0) is 14.1. The Labute approximate surface area is 119 Å². The minimum atomic E-state index is -0.312. The van der Waals surface area contributed by atoms with Crippen LogP contribution in [0, 0.1) is 0 Å². The summed E-state index contributed by atoms with van der Waals surface area (Å²) in [6, 6.07) is 12.8. The van der Waals surface area contributed by atoms with Crippen molar-refractivity contribution in [1.82, 2.24) is 0 Å². The van der Waals surface area contributed by atoms with Crippen LogP contribution >= 0.6 is 11.3 Å². The lowest BCUT2D eigenvalue weighted by Gasteiger charge is -2.13. The number of fused-ring (bicyclic) bond motifs is 1. The Hall–Kier alpha value is -2.11. The van der Waals surface area contributed by atoms with Crippen molar-refractivity contribution in [3.05, 3.63) is 57.8 Å². The average molecular weight is 287 g/mol. The van der Waals surface area contributed by atoms with Crippen molar-refractivity contribution in [3.8, 4) is 11.5 Å². The van der Waals surface area contributed by atoms with Gasteiger partial charge in [-0.25, -0.2) is 4.79 Å². The normalized spacial score (nSPS) is 12.5.